The second-order valence-corrected chi connectivity index (χ2v) is 15.1. The van der Waals surface area contributed by atoms with Gasteiger partial charge in [0.15, 0.2) is 5.82 Å². The minimum absolute atomic E-state index is 0.0820. The maximum atomic E-state index is 13.8. The van der Waals surface area contributed by atoms with Gasteiger partial charge in [0.1, 0.15) is 17.8 Å². The van der Waals surface area contributed by atoms with Gasteiger partial charge in [-0.25, -0.2) is 14.8 Å². The molecule has 54 heavy (non-hydrogen) atoms. The number of amides is 2. The number of benzene rings is 3. The molecule has 286 valence electrons. The van der Waals surface area contributed by atoms with Gasteiger partial charge in [0.05, 0.1) is 6.61 Å². The molecule has 0 radical (unpaired) electrons. The lowest BCUT2D eigenvalue weighted by molar-refractivity contribution is -0.144. The van der Waals surface area contributed by atoms with Crippen molar-refractivity contribution in [1.82, 2.24) is 20.6 Å². The van der Waals surface area contributed by atoms with Crippen LogP contribution in [-0.2, 0) is 26.2 Å². The van der Waals surface area contributed by atoms with Gasteiger partial charge >= 0.3 is 5.97 Å². The Bertz CT molecular complexity index is 1800. The average Bonchev–Trinajstić information content (AvgIpc) is 3.18. The zero-order chi connectivity index (χ0) is 38.5. The third kappa shape index (κ3) is 11.5. The predicted molar refractivity (Wildman–Crippen MR) is 210 cm³/mol. The number of ether oxygens (including phenoxy) is 2. The third-order valence-corrected chi connectivity index (χ3v) is 9.94. The van der Waals surface area contributed by atoms with E-state index in [0.29, 0.717) is 37.4 Å². The number of hydrogen-bond donors (Lipinski definition) is 3. The summed E-state index contributed by atoms with van der Waals surface area (Å²) in [5.74, 6) is -0.951. The molecular formula is C44H54N4O6. The number of carbonyl (C=O) groups excluding carboxylic acids is 2. The summed E-state index contributed by atoms with van der Waals surface area (Å²) in [5.41, 5.74) is 4.86. The molecule has 1 saturated heterocycles. The van der Waals surface area contributed by atoms with Gasteiger partial charge in [-0.1, -0.05) is 102 Å². The summed E-state index contributed by atoms with van der Waals surface area (Å²) in [7, 11) is 0. The molecule has 1 aliphatic rings. The van der Waals surface area contributed by atoms with E-state index in [1.165, 1.54) is 25.7 Å². The summed E-state index contributed by atoms with van der Waals surface area (Å²) < 4.78 is 11.3. The monoisotopic (exact) mass is 734 g/mol. The Morgan fingerprint density at radius 1 is 0.815 bits per heavy atom. The molecule has 10 heteroatoms. The van der Waals surface area contributed by atoms with E-state index in [2.05, 4.69) is 48.3 Å². The lowest BCUT2D eigenvalue weighted by Gasteiger charge is -2.29. The zero-order valence-electron chi connectivity index (χ0n) is 32.0. The fourth-order valence-electron chi connectivity index (χ4n) is 6.55. The van der Waals surface area contributed by atoms with E-state index in [0.717, 1.165) is 46.6 Å². The Hall–Kier alpha value is -5.09. The van der Waals surface area contributed by atoms with Crippen LogP contribution in [0.5, 0.6) is 5.75 Å². The van der Waals surface area contributed by atoms with Crippen molar-refractivity contribution in [3.8, 4) is 28.3 Å². The Morgan fingerprint density at radius 2 is 1.44 bits per heavy atom. The Morgan fingerprint density at radius 3 is 2.06 bits per heavy atom. The number of aromatic nitrogens is 2. The first kappa shape index (κ1) is 40.1. The molecule has 1 unspecified atom stereocenters. The number of hydrogen-bond acceptors (Lipinski definition) is 7. The Balaban J connectivity index is 1.25. The van der Waals surface area contributed by atoms with Crippen LogP contribution in [-0.4, -0.2) is 64.8 Å². The van der Waals surface area contributed by atoms with Crippen molar-refractivity contribution in [3.63, 3.8) is 0 Å². The molecular weight excluding hydrogens is 681 g/mol. The SMILES string of the molecule is CCCCCCCOc1ccc(-c2cnc(-c3ccc(C[C@H](NC(=O)c4ccc(C(C)(C)C)cc4)C(=O)NC(C(=O)O)C4CCOCC4)cc3)nc2)cc1. The summed E-state index contributed by atoms with van der Waals surface area (Å²) >= 11 is 0. The van der Waals surface area contributed by atoms with Crippen molar-refractivity contribution in [3.05, 3.63) is 102 Å². The normalized spacial score (nSPS) is 14.5. The summed E-state index contributed by atoms with van der Waals surface area (Å²) in [6.07, 6.45) is 10.8. The summed E-state index contributed by atoms with van der Waals surface area (Å²) in [5, 5.41) is 15.6. The summed E-state index contributed by atoms with van der Waals surface area (Å²) in [6.45, 7) is 10.1. The highest BCUT2D eigenvalue weighted by molar-refractivity contribution is 5.98. The van der Waals surface area contributed by atoms with E-state index in [1.54, 1.807) is 24.5 Å². The molecule has 3 N–H and O–H groups in total. The van der Waals surface area contributed by atoms with E-state index < -0.39 is 29.9 Å². The Kier molecular flexibility index (Phi) is 14.3. The molecule has 3 aromatic carbocycles. The highest BCUT2D eigenvalue weighted by Crippen LogP contribution is 2.25. The highest BCUT2D eigenvalue weighted by Gasteiger charge is 2.33. The van der Waals surface area contributed by atoms with Crippen LogP contribution in [0.25, 0.3) is 22.5 Å². The van der Waals surface area contributed by atoms with E-state index >= 15 is 0 Å². The lowest BCUT2D eigenvalue weighted by atomic mass is 9.86. The molecule has 2 atom stereocenters. The van der Waals surface area contributed by atoms with Crippen molar-refractivity contribution in [2.45, 2.75) is 96.6 Å². The number of carboxylic acids is 1. The van der Waals surface area contributed by atoms with Gasteiger partial charge in [0.2, 0.25) is 5.91 Å². The number of unbranched alkanes of at least 4 members (excludes halogenated alkanes) is 4. The van der Waals surface area contributed by atoms with Crippen LogP contribution in [0.15, 0.2) is 85.2 Å². The number of aliphatic carboxylic acids is 1. The second kappa shape index (κ2) is 19.3. The van der Waals surface area contributed by atoms with E-state index in [4.69, 9.17) is 9.47 Å². The van der Waals surface area contributed by atoms with Crippen molar-refractivity contribution >= 4 is 17.8 Å². The summed E-state index contributed by atoms with van der Waals surface area (Å²) in [6, 6.07) is 20.6. The molecule has 10 nitrogen and oxygen atoms in total. The van der Waals surface area contributed by atoms with Gasteiger partial charge in [0.25, 0.3) is 5.91 Å². The minimum atomic E-state index is -1.11. The van der Waals surface area contributed by atoms with Crippen molar-refractivity contribution in [2.24, 2.45) is 5.92 Å². The molecule has 0 aliphatic carbocycles. The van der Waals surface area contributed by atoms with Gasteiger partial charge in [-0.15, -0.1) is 0 Å². The maximum absolute atomic E-state index is 13.8. The van der Waals surface area contributed by atoms with Gasteiger partial charge in [-0.3, -0.25) is 9.59 Å². The molecule has 5 rings (SSSR count). The number of nitrogens with zero attached hydrogens (tertiary/aromatic N) is 2. The second-order valence-electron chi connectivity index (χ2n) is 15.1. The number of carboxylic acid groups (broad SMARTS) is 1. The van der Waals surface area contributed by atoms with Crippen LogP contribution in [0.1, 0.15) is 94.1 Å². The van der Waals surface area contributed by atoms with Gasteiger partial charge in [0, 0.05) is 48.7 Å². The quantitative estimate of drug-likeness (QED) is 0.0935. The van der Waals surface area contributed by atoms with E-state index in [1.807, 2.05) is 60.7 Å². The number of nitrogens with one attached hydrogen (secondary N) is 2. The van der Waals surface area contributed by atoms with Crippen molar-refractivity contribution in [1.29, 1.82) is 0 Å². The van der Waals surface area contributed by atoms with Crippen LogP contribution < -0.4 is 15.4 Å². The lowest BCUT2D eigenvalue weighted by Crippen LogP contribution is -2.55. The minimum Gasteiger partial charge on any atom is -0.494 e. The van der Waals surface area contributed by atoms with Crippen LogP contribution in [0, 0.1) is 5.92 Å². The van der Waals surface area contributed by atoms with Gasteiger partial charge < -0.3 is 25.2 Å². The van der Waals surface area contributed by atoms with E-state index in [9.17, 15) is 19.5 Å². The smallest absolute Gasteiger partial charge is 0.326 e. The molecule has 0 saturated carbocycles. The number of rotatable bonds is 17. The first-order chi connectivity index (χ1) is 26.0. The fourth-order valence-corrected chi connectivity index (χ4v) is 6.55. The zero-order valence-corrected chi connectivity index (χ0v) is 32.0. The molecule has 2 amide bonds. The van der Waals surface area contributed by atoms with Crippen molar-refractivity contribution in [2.75, 3.05) is 19.8 Å². The molecule has 0 spiro atoms. The standard InChI is InChI=1S/C44H54N4O6/c1-5-6-7-8-9-24-54-37-20-16-31(17-21-37)35-28-45-40(46-29-35)33-12-10-30(11-13-33)27-38(42(50)48-39(43(51)52)32-22-25-53-26-23-32)47-41(49)34-14-18-36(19-15-34)44(2,3)4/h10-21,28-29,32,38-39H,5-9,22-27H2,1-4H3,(H,47,49)(H,48,50)(H,51,52)/t38-,39?/m0/s1. The first-order valence-electron chi connectivity index (χ1n) is 19.2. The fraction of sp³-hybridized carbons (Fsp3) is 0.432. The largest absolute Gasteiger partial charge is 0.494 e. The van der Waals surface area contributed by atoms with Crippen LogP contribution in [0.3, 0.4) is 0 Å². The Labute approximate surface area is 319 Å². The van der Waals surface area contributed by atoms with Gasteiger partial charge in [-0.2, -0.15) is 0 Å². The van der Waals surface area contributed by atoms with E-state index in [-0.39, 0.29) is 17.8 Å². The first-order valence-corrected chi connectivity index (χ1v) is 19.2. The predicted octanol–water partition coefficient (Wildman–Crippen LogP) is 7.79. The van der Waals surface area contributed by atoms with Gasteiger partial charge in [-0.05, 0) is 71.6 Å². The maximum Gasteiger partial charge on any atom is 0.326 e. The van der Waals surface area contributed by atoms with Crippen LogP contribution in [0.2, 0.25) is 0 Å². The molecule has 2 heterocycles. The topological polar surface area (TPSA) is 140 Å². The number of carbonyl (C=O) groups is 3. The van der Waals surface area contributed by atoms with Crippen LogP contribution in [0.4, 0.5) is 0 Å². The van der Waals surface area contributed by atoms with Crippen LogP contribution >= 0.6 is 0 Å². The molecule has 4 aromatic rings. The highest BCUT2D eigenvalue weighted by atomic mass is 16.5. The molecule has 1 fully saturated rings. The van der Waals surface area contributed by atoms with Crippen molar-refractivity contribution < 1.29 is 29.0 Å². The third-order valence-electron chi connectivity index (χ3n) is 9.94. The summed E-state index contributed by atoms with van der Waals surface area (Å²) in [4.78, 5) is 48.7. The molecule has 1 aliphatic heterocycles. The molecule has 0 bridgehead atoms. The molecule has 1 aromatic heterocycles. The average molecular weight is 735 g/mol.